The van der Waals surface area contributed by atoms with E-state index in [4.69, 9.17) is 0 Å². The van der Waals surface area contributed by atoms with Crippen molar-refractivity contribution in [3.05, 3.63) is 35.9 Å². The van der Waals surface area contributed by atoms with Gasteiger partial charge in [0.1, 0.15) is 0 Å². The maximum atomic E-state index is 9.86. The van der Waals surface area contributed by atoms with Crippen molar-refractivity contribution < 1.29 is 5.11 Å². The molecular formula is C14H19NO. The van der Waals surface area contributed by atoms with Crippen LogP contribution in [0.4, 0.5) is 0 Å². The molecular weight excluding hydrogens is 198 g/mol. The van der Waals surface area contributed by atoms with Gasteiger partial charge in [0, 0.05) is 25.6 Å². The Hall–Kier alpha value is -0.860. The van der Waals surface area contributed by atoms with Crippen LogP contribution < -0.4 is 0 Å². The van der Waals surface area contributed by atoms with E-state index in [1.807, 2.05) is 0 Å². The van der Waals surface area contributed by atoms with Crippen LogP contribution in [0.15, 0.2) is 30.3 Å². The Morgan fingerprint density at radius 3 is 2.69 bits per heavy atom. The fourth-order valence-electron chi connectivity index (χ4n) is 3.30. The second-order valence-corrected chi connectivity index (χ2v) is 5.25. The van der Waals surface area contributed by atoms with Crippen molar-refractivity contribution in [2.75, 3.05) is 13.1 Å². The van der Waals surface area contributed by atoms with Crippen LogP contribution in [0.1, 0.15) is 18.4 Å². The molecule has 1 saturated heterocycles. The standard InChI is InChI=1S/C14H19NO/c16-14-7-6-12-9-15(10-13(12)14)8-11-4-2-1-3-5-11/h1-5,12-14,16H,6-10H2/t12-,13-,14-/m0/s1. The maximum Gasteiger partial charge on any atom is 0.0583 e. The lowest BCUT2D eigenvalue weighted by atomic mass is 10.00. The number of nitrogens with zero attached hydrogens (tertiary/aromatic N) is 1. The van der Waals surface area contributed by atoms with Crippen LogP contribution in [0.3, 0.4) is 0 Å². The second kappa shape index (κ2) is 4.19. The Morgan fingerprint density at radius 1 is 1.12 bits per heavy atom. The molecule has 3 atom stereocenters. The number of likely N-dealkylation sites (tertiary alicyclic amines) is 1. The fourth-order valence-corrected chi connectivity index (χ4v) is 3.30. The molecule has 2 heteroatoms. The van der Waals surface area contributed by atoms with Gasteiger partial charge in [-0.3, -0.25) is 4.90 Å². The van der Waals surface area contributed by atoms with Crippen LogP contribution in [-0.4, -0.2) is 29.2 Å². The highest BCUT2D eigenvalue weighted by atomic mass is 16.3. The molecule has 0 amide bonds. The van der Waals surface area contributed by atoms with Crippen LogP contribution in [0.25, 0.3) is 0 Å². The number of aliphatic hydroxyl groups is 1. The second-order valence-electron chi connectivity index (χ2n) is 5.25. The monoisotopic (exact) mass is 217 g/mol. The van der Waals surface area contributed by atoms with Gasteiger partial charge in [0.25, 0.3) is 0 Å². The molecule has 86 valence electrons. The Morgan fingerprint density at radius 2 is 1.94 bits per heavy atom. The summed E-state index contributed by atoms with van der Waals surface area (Å²) in [6, 6.07) is 10.6. The molecule has 2 fully saturated rings. The van der Waals surface area contributed by atoms with Crippen molar-refractivity contribution in [2.24, 2.45) is 11.8 Å². The van der Waals surface area contributed by atoms with Crippen LogP contribution in [0, 0.1) is 11.8 Å². The summed E-state index contributed by atoms with van der Waals surface area (Å²) >= 11 is 0. The van der Waals surface area contributed by atoms with Crippen molar-refractivity contribution >= 4 is 0 Å². The first-order valence-electron chi connectivity index (χ1n) is 6.27. The van der Waals surface area contributed by atoms with E-state index in [0.717, 1.165) is 25.4 Å². The number of aliphatic hydroxyl groups excluding tert-OH is 1. The van der Waals surface area contributed by atoms with Crippen molar-refractivity contribution in [3.63, 3.8) is 0 Å². The molecule has 0 unspecified atom stereocenters. The molecule has 1 heterocycles. The highest BCUT2D eigenvalue weighted by Crippen LogP contribution is 2.38. The van der Waals surface area contributed by atoms with Gasteiger partial charge in [-0.05, 0) is 24.3 Å². The first kappa shape index (κ1) is 10.3. The third-order valence-electron chi connectivity index (χ3n) is 4.14. The molecule has 0 radical (unpaired) electrons. The predicted molar refractivity (Wildman–Crippen MR) is 63.9 cm³/mol. The van der Waals surface area contributed by atoms with Gasteiger partial charge in [0.2, 0.25) is 0 Å². The molecule has 1 aromatic rings. The average molecular weight is 217 g/mol. The zero-order chi connectivity index (χ0) is 11.0. The first-order chi connectivity index (χ1) is 7.83. The lowest BCUT2D eigenvalue weighted by molar-refractivity contribution is 0.123. The van der Waals surface area contributed by atoms with Gasteiger partial charge < -0.3 is 5.11 Å². The Labute approximate surface area is 96.9 Å². The van der Waals surface area contributed by atoms with E-state index in [1.54, 1.807) is 0 Å². The highest BCUT2D eigenvalue weighted by molar-refractivity contribution is 5.15. The molecule has 16 heavy (non-hydrogen) atoms. The number of hydrogen-bond donors (Lipinski definition) is 1. The summed E-state index contributed by atoms with van der Waals surface area (Å²) in [6.45, 7) is 3.30. The summed E-state index contributed by atoms with van der Waals surface area (Å²) in [6.07, 6.45) is 2.21. The SMILES string of the molecule is O[C@H]1CC[C@H]2CN(Cc3ccccc3)C[C@@H]21. The largest absolute Gasteiger partial charge is 0.393 e. The first-order valence-corrected chi connectivity index (χ1v) is 6.27. The summed E-state index contributed by atoms with van der Waals surface area (Å²) < 4.78 is 0. The normalized spacial score (nSPS) is 34.2. The molecule has 0 bridgehead atoms. The van der Waals surface area contributed by atoms with Crippen molar-refractivity contribution in [3.8, 4) is 0 Å². The van der Waals surface area contributed by atoms with Crippen molar-refractivity contribution in [1.29, 1.82) is 0 Å². The van der Waals surface area contributed by atoms with Crippen LogP contribution in [0.5, 0.6) is 0 Å². The smallest absolute Gasteiger partial charge is 0.0583 e. The summed E-state index contributed by atoms with van der Waals surface area (Å²) in [5.74, 6) is 1.29. The van der Waals surface area contributed by atoms with Gasteiger partial charge in [-0.15, -0.1) is 0 Å². The van der Waals surface area contributed by atoms with E-state index in [0.29, 0.717) is 5.92 Å². The van der Waals surface area contributed by atoms with Crippen LogP contribution in [0.2, 0.25) is 0 Å². The van der Waals surface area contributed by atoms with E-state index in [2.05, 4.69) is 35.2 Å². The summed E-state index contributed by atoms with van der Waals surface area (Å²) in [4.78, 5) is 2.49. The van der Waals surface area contributed by atoms with Crippen molar-refractivity contribution in [1.82, 2.24) is 4.90 Å². The topological polar surface area (TPSA) is 23.5 Å². The fraction of sp³-hybridized carbons (Fsp3) is 0.571. The summed E-state index contributed by atoms with van der Waals surface area (Å²) in [5.41, 5.74) is 1.39. The highest BCUT2D eigenvalue weighted by Gasteiger charge is 2.41. The summed E-state index contributed by atoms with van der Waals surface area (Å²) in [7, 11) is 0. The molecule has 1 aliphatic heterocycles. The Balaban J connectivity index is 1.63. The Kier molecular flexibility index (Phi) is 2.70. The average Bonchev–Trinajstić information content (AvgIpc) is 2.83. The van der Waals surface area contributed by atoms with E-state index in [9.17, 15) is 5.11 Å². The molecule has 3 rings (SSSR count). The molecule has 2 nitrogen and oxygen atoms in total. The number of rotatable bonds is 2. The zero-order valence-corrected chi connectivity index (χ0v) is 9.55. The predicted octanol–water partition coefficient (Wildman–Crippen LogP) is 1.89. The van der Waals surface area contributed by atoms with Gasteiger partial charge in [0.15, 0.2) is 0 Å². The van der Waals surface area contributed by atoms with E-state index >= 15 is 0 Å². The quantitative estimate of drug-likeness (QED) is 0.817. The van der Waals surface area contributed by atoms with Gasteiger partial charge in [-0.1, -0.05) is 30.3 Å². The minimum absolute atomic E-state index is 0.0363. The maximum absolute atomic E-state index is 9.86. The zero-order valence-electron chi connectivity index (χ0n) is 9.55. The molecule has 1 saturated carbocycles. The molecule has 1 N–H and O–H groups in total. The van der Waals surface area contributed by atoms with Gasteiger partial charge in [-0.2, -0.15) is 0 Å². The Bertz CT molecular complexity index is 351. The lowest BCUT2D eigenvalue weighted by Crippen LogP contribution is -2.24. The minimum Gasteiger partial charge on any atom is -0.393 e. The molecule has 0 aromatic heterocycles. The number of fused-ring (bicyclic) bond motifs is 1. The van der Waals surface area contributed by atoms with Crippen molar-refractivity contribution in [2.45, 2.75) is 25.5 Å². The summed E-state index contributed by atoms with van der Waals surface area (Å²) in [5, 5.41) is 9.86. The van der Waals surface area contributed by atoms with Crippen LogP contribution >= 0.6 is 0 Å². The number of hydrogen-bond acceptors (Lipinski definition) is 2. The third-order valence-corrected chi connectivity index (χ3v) is 4.14. The van der Waals surface area contributed by atoms with E-state index < -0.39 is 0 Å². The van der Waals surface area contributed by atoms with Crippen LogP contribution in [-0.2, 0) is 6.54 Å². The molecule has 2 aliphatic rings. The van der Waals surface area contributed by atoms with E-state index in [1.165, 1.54) is 18.5 Å². The third kappa shape index (κ3) is 1.87. The van der Waals surface area contributed by atoms with E-state index in [-0.39, 0.29) is 6.10 Å². The molecule has 1 aromatic carbocycles. The van der Waals surface area contributed by atoms with Gasteiger partial charge in [0.05, 0.1) is 6.10 Å². The van der Waals surface area contributed by atoms with Gasteiger partial charge >= 0.3 is 0 Å². The molecule has 1 aliphatic carbocycles. The number of benzene rings is 1. The minimum atomic E-state index is -0.0363. The lowest BCUT2D eigenvalue weighted by Gasteiger charge is -2.17. The van der Waals surface area contributed by atoms with Gasteiger partial charge in [-0.25, -0.2) is 0 Å². The molecule has 0 spiro atoms.